The minimum atomic E-state index is -0.246. The number of benzene rings is 1. The number of imide groups is 1. The van der Waals surface area contributed by atoms with E-state index in [-0.39, 0.29) is 18.4 Å². The quantitative estimate of drug-likeness (QED) is 0.638. The van der Waals surface area contributed by atoms with Crippen molar-refractivity contribution in [3.63, 3.8) is 0 Å². The Labute approximate surface area is 183 Å². The Kier molecular flexibility index (Phi) is 6.35. The molecule has 0 spiro atoms. The number of nitrogens with zero attached hydrogens (tertiary/aromatic N) is 3. The molecule has 31 heavy (non-hydrogen) atoms. The number of piperidine rings is 1. The highest BCUT2D eigenvalue weighted by atomic mass is 16.5. The van der Waals surface area contributed by atoms with Crippen molar-refractivity contribution in [3.8, 4) is 5.75 Å². The molecular weight excluding hydrogens is 390 g/mol. The van der Waals surface area contributed by atoms with Crippen LogP contribution in [-0.2, 0) is 16.1 Å². The van der Waals surface area contributed by atoms with Gasteiger partial charge in [0.1, 0.15) is 11.4 Å². The van der Waals surface area contributed by atoms with Crippen LogP contribution in [0.5, 0.6) is 5.75 Å². The maximum atomic E-state index is 13.5. The van der Waals surface area contributed by atoms with Gasteiger partial charge in [-0.05, 0) is 54.5 Å². The molecule has 3 heterocycles. The van der Waals surface area contributed by atoms with Crippen LogP contribution in [-0.4, -0.2) is 46.3 Å². The van der Waals surface area contributed by atoms with Gasteiger partial charge in [0, 0.05) is 25.5 Å². The van der Waals surface area contributed by atoms with Crippen molar-refractivity contribution in [3.05, 3.63) is 65.6 Å². The third-order valence-corrected chi connectivity index (χ3v) is 5.92. The van der Waals surface area contributed by atoms with Gasteiger partial charge in [-0.1, -0.05) is 32.0 Å². The summed E-state index contributed by atoms with van der Waals surface area (Å²) in [5.74, 6) is 0.937. The van der Waals surface area contributed by atoms with E-state index in [0.29, 0.717) is 23.8 Å². The van der Waals surface area contributed by atoms with Crippen molar-refractivity contribution < 1.29 is 14.3 Å². The Morgan fingerprint density at radius 3 is 2.45 bits per heavy atom. The van der Waals surface area contributed by atoms with Crippen LogP contribution >= 0.6 is 0 Å². The minimum absolute atomic E-state index is 0.218. The van der Waals surface area contributed by atoms with Gasteiger partial charge in [-0.2, -0.15) is 0 Å². The highest BCUT2D eigenvalue weighted by Crippen LogP contribution is 2.35. The average Bonchev–Trinajstić information content (AvgIpc) is 3.04. The lowest BCUT2D eigenvalue weighted by Gasteiger charge is -2.32. The Bertz CT molecular complexity index is 961. The zero-order chi connectivity index (χ0) is 21.8. The molecule has 2 aliphatic rings. The summed E-state index contributed by atoms with van der Waals surface area (Å²) in [6.45, 7) is 6.74. The Hall–Kier alpha value is -3.15. The second-order valence-electron chi connectivity index (χ2n) is 8.32. The van der Waals surface area contributed by atoms with E-state index in [9.17, 15) is 9.59 Å². The van der Waals surface area contributed by atoms with E-state index in [4.69, 9.17) is 4.74 Å². The van der Waals surface area contributed by atoms with Crippen LogP contribution in [0.1, 0.15) is 44.2 Å². The lowest BCUT2D eigenvalue weighted by Crippen LogP contribution is -2.38. The molecule has 1 saturated heterocycles. The molecule has 1 fully saturated rings. The number of hydrogen-bond donors (Lipinski definition) is 0. The molecule has 0 aliphatic carbocycles. The largest absolute Gasteiger partial charge is 0.494 e. The second kappa shape index (κ2) is 9.33. The molecule has 2 amide bonds. The third-order valence-electron chi connectivity index (χ3n) is 5.92. The first-order valence-corrected chi connectivity index (χ1v) is 11.1. The maximum absolute atomic E-state index is 13.5. The van der Waals surface area contributed by atoms with Crippen molar-refractivity contribution in [2.75, 3.05) is 19.7 Å². The first-order valence-electron chi connectivity index (χ1n) is 11.1. The number of carbonyl (C=O) groups excluding carboxylic acids is 2. The number of hydrogen-bond acceptors (Lipinski definition) is 5. The molecule has 0 saturated carbocycles. The average molecular weight is 420 g/mol. The summed E-state index contributed by atoms with van der Waals surface area (Å²) in [6.07, 6.45) is 6.35. The molecule has 162 valence electrons. The molecule has 6 nitrogen and oxygen atoms in total. The van der Waals surface area contributed by atoms with E-state index in [1.807, 2.05) is 36.4 Å². The first-order chi connectivity index (χ1) is 15.1. The van der Waals surface area contributed by atoms with E-state index in [1.54, 1.807) is 12.4 Å². The van der Waals surface area contributed by atoms with Crippen molar-refractivity contribution in [2.24, 2.45) is 5.92 Å². The fourth-order valence-corrected chi connectivity index (χ4v) is 4.10. The maximum Gasteiger partial charge on any atom is 0.278 e. The topological polar surface area (TPSA) is 62.7 Å². The fraction of sp³-hybridized carbons (Fsp3) is 0.400. The molecule has 4 rings (SSSR count). The standard InChI is InChI=1S/C25H29N3O3/c1-3-15-31-21-8-6-20(7-9-21)22-23(27-13-10-18(2)11-14-27)25(30)28(24(22)29)17-19-5-4-12-26-16-19/h4-9,12,16,18H,3,10-11,13-15,17H2,1-2H3. The van der Waals surface area contributed by atoms with Crippen LogP contribution in [0.15, 0.2) is 54.5 Å². The van der Waals surface area contributed by atoms with E-state index in [0.717, 1.165) is 49.2 Å². The van der Waals surface area contributed by atoms with E-state index < -0.39 is 0 Å². The second-order valence-corrected chi connectivity index (χ2v) is 8.32. The SMILES string of the molecule is CCCOc1ccc(C2=C(N3CCC(C)CC3)C(=O)N(Cc3cccnc3)C2=O)cc1. The normalized spacial score (nSPS) is 17.6. The molecule has 0 radical (unpaired) electrons. The van der Waals surface area contributed by atoms with Gasteiger partial charge in [0.25, 0.3) is 11.8 Å². The highest BCUT2D eigenvalue weighted by molar-refractivity contribution is 6.35. The summed E-state index contributed by atoms with van der Waals surface area (Å²) in [5, 5.41) is 0. The van der Waals surface area contributed by atoms with Gasteiger partial charge in [-0.15, -0.1) is 0 Å². The first kappa shape index (κ1) is 21.1. The summed E-state index contributed by atoms with van der Waals surface area (Å²) in [6, 6.07) is 11.2. The molecule has 1 aromatic heterocycles. The van der Waals surface area contributed by atoms with Crippen LogP contribution in [0.4, 0.5) is 0 Å². The molecule has 2 aliphatic heterocycles. The van der Waals surface area contributed by atoms with E-state index >= 15 is 0 Å². The predicted molar refractivity (Wildman–Crippen MR) is 119 cm³/mol. The minimum Gasteiger partial charge on any atom is -0.494 e. The number of rotatable bonds is 7. The number of pyridine rings is 1. The van der Waals surface area contributed by atoms with Crippen molar-refractivity contribution in [1.82, 2.24) is 14.8 Å². The van der Waals surface area contributed by atoms with Gasteiger partial charge in [-0.25, -0.2) is 0 Å². The lowest BCUT2D eigenvalue weighted by atomic mass is 9.97. The van der Waals surface area contributed by atoms with Gasteiger partial charge in [0.2, 0.25) is 0 Å². The van der Waals surface area contributed by atoms with Gasteiger partial charge in [-0.3, -0.25) is 19.5 Å². The van der Waals surface area contributed by atoms with Gasteiger partial charge in [0.15, 0.2) is 0 Å². The summed E-state index contributed by atoms with van der Waals surface area (Å²) < 4.78 is 5.68. The summed E-state index contributed by atoms with van der Waals surface area (Å²) >= 11 is 0. The summed E-state index contributed by atoms with van der Waals surface area (Å²) in [7, 11) is 0. The molecule has 0 unspecified atom stereocenters. The zero-order valence-corrected chi connectivity index (χ0v) is 18.2. The lowest BCUT2D eigenvalue weighted by molar-refractivity contribution is -0.138. The third kappa shape index (κ3) is 4.48. The number of aromatic nitrogens is 1. The zero-order valence-electron chi connectivity index (χ0n) is 18.2. The number of amides is 2. The molecule has 0 atom stereocenters. The number of likely N-dealkylation sites (tertiary alicyclic amines) is 1. The predicted octanol–water partition coefficient (Wildman–Crippen LogP) is 3.88. The molecule has 0 bridgehead atoms. The summed E-state index contributed by atoms with van der Waals surface area (Å²) in [4.78, 5) is 34.5. The smallest absolute Gasteiger partial charge is 0.278 e. The molecule has 1 aromatic carbocycles. The molecule has 2 aromatic rings. The van der Waals surface area contributed by atoms with Gasteiger partial charge < -0.3 is 9.64 Å². The van der Waals surface area contributed by atoms with Crippen molar-refractivity contribution in [2.45, 2.75) is 39.7 Å². The van der Waals surface area contributed by atoms with Crippen LogP contribution in [0.2, 0.25) is 0 Å². The Balaban J connectivity index is 1.67. The van der Waals surface area contributed by atoms with Crippen molar-refractivity contribution >= 4 is 17.4 Å². The van der Waals surface area contributed by atoms with Crippen LogP contribution in [0.25, 0.3) is 5.57 Å². The Morgan fingerprint density at radius 1 is 1.06 bits per heavy atom. The highest BCUT2D eigenvalue weighted by Gasteiger charge is 2.42. The fourth-order valence-electron chi connectivity index (χ4n) is 4.10. The monoisotopic (exact) mass is 419 g/mol. The number of ether oxygens (including phenoxy) is 1. The number of carbonyl (C=O) groups is 2. The molecular formula is C25H29N3O3. The van der Waals surface area contributed by atoms with Gasteiger partial charge >= 0.3 is 0 Å². The van der Waals surface area contributed by atoms with Crippen LogP contribution in [0, 0.1) is 5.92 Å². The van der Waals surface area contributed by atoms with Crippen molar-refractivity contribution in [1.29, 1.82) is 0 Å². The van der Waals surface area contributed by atoms with E-state index in [1.165, 1.54) is 4.90 Å². The van der Waals surface area contributed by atoms with Gasteiger partial charge in [0.05, 0.1) is 18.7 Å². The molecule has 6 heteroatoms. The molecule has 0 N–H and O–H groups in total. The van der Waals surface area contributed by atoms with E-state index in [2.05, 4.69) is 23.7 Å². The Morgan fingerprint density at radius 2 is 1.81 bits per heavy atom. The summed E-state index contributed by atoms with van der Waals surface area (Å²) in [5.41, 5.74) is 2.61. The van der Waals surface area contributed by atoms with Crippen LogP contribution in [0.3, 0.4) is 0 Å². The van der Waals surface area contributed by atoms with Crippen LogP contribution < -0.4 is 4.74 Å².